The van der Waals surface area contributed by atoms with Crippen molar-refractivity contribution in [1.29, 1.82) is 0 Å². The largest absolute Gasteiger partial charge is 0.480 e. The Balaban J connectivity index is 2.29. The summed E-state index contributed by atoms with van der Waals surface area (Å²) in [6.07, 6.45) is 1.68. The van der Waals surface area contributed by atoms with Gasteiger partial charge in [-0.2, -0.15) is 5.10 Å². The van der Waals surface area contributed by atoms with E-state index >= 15 is 0 Å². The molecular weight excluding hydrogens is 340 g/mol. The van der Waals surface area contributed by atoms with E-state index in [0.29, 0.717) is 11.6 Å². The fourth-order valence-corrected chi connectivity index (χ4v) is 3.22. The summed E-state index contributed by atoms with van der Waals surface area (Å²) in [5, 5.41) is 10.7. The van der Waals surface area contributed by atoms with Crippen molar-refractivity contribution in [2.45, 2.75) is 31.2 Å². The Morgan fingerprint density at radius 2 is 1.76 bits per heavy atom. The highest BCUT2D eigenvalue weighted by atomic mass is 32.2. The highest BCUT2D eigenvalue weighted by Gasteiger charge is 2.24. The van der Waals surface area contributed by atoms with Gasteiger partial charge in [0.25, 0.3) is 0 Å². The van der Waals surface area contributed by atoms with Gasteiger partial charge >= 0.3 is 0 Å². The molecule has 0 unspecified atom stereocenters. The molecule has 0 spiro atoms. The molecule has 132 valence electrons. The molecule has 3 rings (SSSR count). The van der Waals surface area contributed by atoms with Gasteiger partial charge in [-0.3, -0.25) is 4.68 Å². The fourth-order valence-electron chi connectivity index (χ4n) is 2.71. The number of hydrogen-bond donors (Lipinski definition) is 1. The Bertz CT molecular complexity index is 1030. The number of benzene rings is 1. The molecule has 0 aliphatic carbocycles. The highest BCUT2D eigenvalue weighted by Crippen LogP contribution is 2.36. The van der Waals surface area contributed by atoms with Gasteiger partial charge in [0, 0.05) is 11.8 Å². The minimum Gasteiger partial charge on any atom is -0.480 e. The number of pyridine rings is 1. The zero-order chi connectivity index (χ0) is 18.4. The van der Waals surface area contributed by atoms with Crippen LogP contribution in [0.25, 0.3) is 22.2 Å². The summed E-state index contributed by atoms with van der Waals surface area (Å²) in [5.74, 6) is 0.471. The maximum Gasteiger partial charge on any atom is 0.238 e. The number of aromatic nitrogens is 3. The first-order valence-corrected chi connectivity index (χ1v) is 9.23. The summed E-state index contributed by atoms with van der Waals surface area (Å²) >= 11 is 0. The highest BCUT2D eigenvalue weighted by molar-refractivity contribution is 7.89. The number of rotatable bonds is 3. The molecule has 0 atom stereocenters. The zero-order valence-electron chi connectivity index (χ0n) is 14.5. The summed E-state index contributed by atoms with van der Waals surface area (Å²) in [5.41, 5.74) is 2.08. The Morgan fingerprint density at radius 3 is 2.28 bits per heavy atom. The predicted molar refractivity (Wildman–Crippen MR) is 95.9 cm³/mol. The van der Waals surface area contributed by atoms with Crippen LogP contribution in [0.4, 0.5) is 0 Å². The van der Waals surface area contributed by atoms with Crippen molar-refractivity contribution in [2.24, 2.45) is 5.14 Å². The van der Waals surface area contributed by atoms with Crippen LogP contribution in [0.15, 0.2) is 41.4 Å². The Hall–Kier alpha value is -2.45. The number of nitrogens with zero attached hydrogens (tertiary/aromatic N) is 3. The van der Waals surface area contributed by atoms with Gasteiger partial charge < -0.3 is 4.74 Å². The topological polar surface area (TPSA) is 100 Å². The smallest absolute Gasteiger partial charge is 0.238 e. The van der Waals surface area contributed by atoms with Crippen molar-refractivity contribution in [3.63, 3.8) is 0 Å². The third-order valence-corrected chi connectivity index (χ3v) is 4.77. The second-order valence-corrected chi connectivity index (χ2v) is 8.28. The van der Waals surface area contributed by atoms with Crippen LogP contribution in [0.5, 0.6) is 5.88 Å². The number of hydrogen-bond acceptors (Lipinski definition) is 5. The van der Waals surface area contributed by atoms with E-state index in [1.165, 1.54) is 12.1 Å². The van der Waals surface area contributed by atoms with E-state index in [1.807, 2.05) is 10.7 Å². The summed E-state index contributed by atoms with van der Waals surface area (Å²) in [6, 6.07) is 8.19. The first-order valence-electron chi connectivity index (χ1n) is 7.68. The molecule has 3 aromatic rings. The van der Waals surface area contributed by atoms with Gasteiger partial charge in [0.05, 0.1) is 28.4 Å². The van der Waals surface area contributed by atoms with E-state index in [9.17, 15) is 8.42 Å². The predicted octanol–water partition coefficient (Wildman–Crippen LogP) is 2.51. The van der Waals surface area contributed by atoms with Gasteiger partial charge in [-0.25, -0.2) is 18.5 Å². The molecule has 1 aromatic carbocycles. The number of fused-ring (bicyclic) bond motifs is 1. The molecule has 0 radical (unpaired) electrons. The van der Waals surface area contributed by atoms with Gasteiger partial charge in [-0.1, -0.05) is 12.1 Å². The van der Waals surface area contributed by atoms with Crippen molar-refractivity contribution in [3.05, 3.63) is 36.5 Å². The average molecular weight is 360 g/mol. The Kier molecular flexibility index (Phi) is 4.04. The number of sulfonamides is 1. The van der Waals surface area contributed by atoms with E-state index in [1.54, 1.807) is 25.4 Å². The molecule has 25 heavy (non-hydrogen) atoms. The van der Waals surface area contributed by atoms with Gasteiger partial charge in [0.1, 0.15) is 5.69 Å². The van der Waals surface area contributed by atoms with Crippen molar-refractivity contribution in [3.8, 4) is 17.1 Å². The van der Waals surface area contributed by atoms with E-state index < -0.39 is 10.0 Å². The second kappa shape index (κ2) is 5.82. The SMILES string of the molecule is COc1nccc2c1c(-c1ccc(S(N)(=O)=O)cc1)nn2C(C)(C)C. The molecular formula is C17H20N4O3S. The second-order valence-electron chi connectivity index (χ2n) is 6.71. The first-order chi connectivity index (χ1) is 11.6. The molecule has 0 bridgehead atoms. The molecule has 2 heterocycles. The monoisotopic (exact) mass is 360 g/mol. The van der Waals surface area contributed by atoms with E-state index in [4.69, 9.17) is 15.0 Å². The van der Waals surface area contributed by atoms with Gasteiger partial charge in [0.2, 0.25) is 15.9 Å². The zero-order valence-corrected chi connectivity index (χ0v) is 15.3. The standard InChI is InChI=1S/C17H20N4O3S/c1-17(2,3)21-13-9-10-19-16(24-4)14(13)15(20-21)11-5-7-12(8-6-11)25(18,22)23/h5-10H,1-4H3,(H2,18,22,23). The number of primary sulfonamides is 1. The van der Waals surface area contributed by atoms with Crippen LogP contribution in [0.2, 0.25) is 0 Å². The molecule has 0 aliphatic rings. The number of ether oxygens (including phenoxy) is 1. The quantitative estimate of drug-likeness (QED) is 0.773. The molecule has 8 heteroatoms. The van der Waals surface area contributed by atoms with Crippen molar-refractivity contribution in [2.75, 3.05) is 7.11 Å². The Morgan fingerprint density at radius 1 is 1.12 bits per heavy atom. The lowest BCUT2D eigenvalue weighted by molar-refractivity contribution is 0.369. The van der Waals surface area contributed by atoms with E-state index in [2.05, 4.69) is 25.8 Å². The van der Waals surface area contributed by atoms with E-state index in [0.717, 1.165) is 16.5 Å². The summed E-state index contributed by atoms with van der Waals surface area (Å²) in [4.78, 5) is 4.33. The molecule has 0 fully saturated rings. The van der Waals surface area contributed by atoms with Crippen molar-refractivity contribution < 1.29 is 13.2 Å². The molecule has 0 saturated heterocycles. The summed E-state index contributed by atoms with van der Waals surface area (Å²) in [7, 11) is -2.18. The minimum atomic E-state index is -3.74. The van der Waals surface area contributed by atoms with Gasteiger partial charge in [-0.05, 0) is 39.0 Å². The number of nitrogens with two attached hydrogens (primary N) is 1. The summed E-state index contributed by atoms with van der Waals surface area (Å²) in [6.45, 7) is 6.17. The van der Waals surface area contributed by atoms with Gasteiger partial charge in [-0.15, -0.1) is 0 Å². The van der Waals surface area contributed by atoms with Crippen molar-refractivity contribution in [1.82, 2.24) is 14.8 Å². The number of methoxy groups -OCH3 is 1. The summed E-state index contributed by atoms with van der Waals surface area (Å²) < 4.78 is 30.2. The first kappa shape index (κ1) is 17.4. The van der Waals surface area contributed by atoms with Crippen LogP contribution in [0, 0.1) is 0 Å². The average Bonchev–Trinajstić information content (AvgIpc) is 2.94. The lowest BCUT2D eigenvalue weighted by Gasteiger charge is -2.20. The molecule has 0 amide bonds. The lowest BCUT2D eigenvalue weighted by Crippen LogP contribution is -2.22. The molecule has 2 N–H and O–H groups in total. The molecule has 7 nitrogen and oxygen atoms in total. The van der Waals surface area contributed by atoms with Crippen LogP contribution in [0.3, 0.4) is 0 Å². The van der Waals surface area contributed by atoms with Crippen LogP contribution in [-0.4, -0.2) is 30.3 Å². The van der Waals surface area contributed by atoms with E-state index in [-0.39, 0.29) is 10.4 Å². The fraction of sp³-hybridized carbons (Fsp3) is 0.294. The van der Waals surface area contributed by atoms with Crippen LogP contribution in [0.1, 0.15) is 20.8 Å². The normalized spacial score (nSPS) is 12.5. The van der Waals surface area contributed by atoms with Crippen LogP contribution in [-0.2, 0) is 15.6 Å². The van der Waals surface area contributed by atoms with Crippen molar-refractivity contribution >= 4 is 20.9 Å². The molecule has 2 aromatic heterocycles. The minimum absolute atomic E-state index is 0.0564. The van der Waals surface area contributed by atoms with Crippen LogP contribution >= 0.6 is 0 Å². The maximum atomic E-state index is 11.5. The Labute approximate surface area is 146 Å². The lowest BCUT2D eigenvalue weighted by atomic mass is 10.1. The molecule has 0 saturated carbocycles. The third-order valence-electron chi connectivity index (χ3n) is 3.84. The molecule has 0 aliphatic heterocycles. The maximum absolute atomic E-state index is 11.5. The van der Waals surface area contributed by atoms with Crippen LogP contribution < -0.4 is 9.88 Å². The third kappa shape index (κ3) is 3.10. The van der Waals surface area contributed by atoms with Gasteiger partial charge in [0.15, 0.2) is 0 Å².